The van der Waals surface area contributed by atoms with Gasteiger partial charge in [-0.3, -0.25) is 19.2 Å². The van der Waals surface area contributed by atoms with Crippen LogP contribution in [0.1, 0.15) is 93.4 Å². The summed E-state index contributed by atoms with van der Waals surface area (Å²) in [5.74, 6) is -2.39. The highest BCUT2D eigenvalue weighted by atomic mass is 32.2. The molecular formula is C33H58N6O7S. The van der Waals surface area contributed by atoms with Crippen LogP contribution in [0.2, 0.25) is 0 Å². The standard InChI is InChI=1S/C33H58N6O7S/c1-11-15-21(25(40)28(42)34-8)35-27(41)24-23-20(32(23,5)6)18-39(24)29(43)26(33(7)16-13-12-14-17-33)37-30(44)36-22(31(2,3)4)19-38(9)47(10,45)46/h20-24,26H,11-19H2,1-10H3,(H,34,42)(H,35,41)(H2,36,37,44)/t20-,21?,22+,23-,24-,26+/m0/s1. The Morgan fingerprint density at radius 3 is 2.09 bits per heavy atom. The smallest absolute Gasteiger partial charge is 0.315 e. The van der Waals surface area contributed by atoms with Gasteiger partial charge in [0.15, 0.2) is 0 Å². The minimum absolute atomic E-state index is 0.0478. The lowest BCUT2D eigenvalue weighted by Crippen LogP contribution is -2.63. The predicted molar refractivity (Wildman–Crippen MR) is 180 cm³/mol. The van der Waals surface area contributed by atoms with Crippen molar-refractivity contribution >= 4 is 39.6 Å². The van der Waals surface area contributed by atoms with E-state index >= 15 is 0 Å². The van der Waals surface area contributed by atoms with Gasteiger partial charge in [-0.2, -0.15) is 0 Å². The van der Waals surface area contributed by atoms with Crippen molar-refractivity contribution in [2.24, 2.45) is 28.1 Å². The molecular weight excluding hydrogens is 624 g/mol. The van der Waals surface area contributed by atoms with Gasteiger partial charge in [0.1, 0.15) is 12.1 Å². The lowest BCUT2D eigenvalue weighted by Gasteiger charge is -2.43. The second-order valence-corrected chi connectivity index (χ2v) is 18.0. The summed E-state index contributed by atoms with van der Waals surface area (Å²) in [4.78, 5) is 68.9. The Bertz CT molecular complexity index is 1320. The van der Waals surface area contributed by atoms with Crippen LogP contribution < -0.4 is 21.3 Å². The topological polar surface area (TPSA) is 174 Å². The summed E-state index contributed by atoms with van der Waals surface area (Å²) in [6, 6.07) is -3.96. The summed E-state index contributed by atoms with van der Waals surface area (Å²) in [5, 5.41) is 11.1. The highest BCUT2D eigenvalue weighted by Crippen LogP contribution is 2.65. The summed E-state index contributed by atoms with van der Waals surface area (Å²) < 4.78 is 25.5. The zero-order valence-corrected chi connectivity index (χ0v) is 30.8. The van der Waals surface area contributed by atoms with Crippen LogP contribution in [0, 0.1) is 28.1 Å². The highest BCUT2D eigenvalue weighted by Gasteiger charge is 2.70. The maximum atomic E-state index is 14.7. The first-order valence-corrected chi connectivity index (χ1v) is 18.8. The number of carbonyl (C=O) groups is 5. The Morgan fingerprint density at radius 2 is 1.57 bits per heavy atom. The van der Waals surface area contributed by atoms with Crippen molar-refractivity contribution in [1.29, 1.82) is 0 Å². The summed E-state index contributed by atoms with van der Waals surface area (Å²) in [6.45, 7) is 14.1. The molecule has 0 spiro atoms. The fourth-order valence-corrected chi connectivity index (χ4v) is 7.94. The third kappa shape index (κ3) is 8.65. The number of carbonyl (C=O) groups excluding carboxylic acids is 5. The number of fused-ring (bicyclic) bond motifs is 1. The number of rotatable bonds is 13. The van der Waals surface area contributed by atoms with Crippen LogP contribution in [-0.4, -0.2) is 105 Å². The van der Waals surface area contributed by atoms with E-state index in [1.807, 2.05) is 34.6 Å². The second kappa shape index (κ2) is 14.4. The molecule has 2 saturated carbocycles. The van der Waals surface area contributed by atoms with Crippen LogP contribution in [0.3, 0.4) is 0 Å². The number of hydrogen-bond donors (Lipinski definition) is 4. The molecule has 268 valence electrons. The van der Waals surface area contributed by atoms with E-state index in [4.69, 9.17) is 0 Å². The van der Waals surface area contributed by atoms with Crippen molar-refractivity contribution in [3.05, 3.63) is 0 Å². The van der Waals surface area contributed by atoms with Crippen LogP contribution in [0.5, 0.6) is 0 Å². The number of nitrogens with zero attached hydrogens (tertiary/aromatic N) is 2. The van der Waals surface area contributed by atoms with Crippen molar-refractivity contribution in [2.75, 3.05) is 33.4 Å². The van der Waals surface area contributed by atoms with Gasteiger partial charge < -0.3 is 26.2 Å². The molecule has 0 aromatic carbocycles. The number of Topliss-reactive ketones (excluding diaryl/α,β-unsaturated/α-hetero) is 1. The van der Waals surface area contributed by atoms with Gasteiger partial charge in [-0.05, 0) is 47.3 Å². The van der Waals surface area contributed by atoms with E-state index in [0.717, 1.165) is 25.5 Å². The van der Waals surface area contributed by atoms with E-state index in [9.17, 15) is 32.4 Å². The van der Waals surface area contributed by atoms with Gasteiger partial charge in [-0.25, -0.2) is 17.5 Å². The largest absolute Gasteiger partial charge is 0.353 e. The number of amides is 5. The Hall–Kier alpha value is -2.74. The molecule has 14 heteroatoms. The number of likely N-dealkylation sites (tertiary alicyclic amines) is 1. The fourth-order valence-electron chi connectivity index (χ4n) is 7.52. The fraction of sp³-hybridized carbons (Fsp3) is 0.848. The molecule has 1 heterocycles. The number of sulfonamides is 1. The maximum Gasteiger partial charge on any atom is 0.315 e. The van der Waals surface area contributed by atoms with Gasteiger partial charge in [0.05, 0.1) is 12.3 Å². The second-order valence-electron chi connectivity index (χ2n) is 15.9. The molecule has 0 aromatic heterocycles. The first kappa shape index (κ1) is 38.7. The van der Waals surface area contributed by atoms with Crippen molar-refractivity contribution in [2.45, 2.75) is 118 Å². The third-order valence-electron chi connectivity index (χ3n) is 11.0. The zero-order chi connectivity index (χ0) is 35.7. The SMILES string of the molecule is CCCC(NC(=O)[C@@H]1[C@@H]2[C@H](CN1C(=O)[C@@H](NC(=O)N[C@H](CN(C)S(C)(=O)=O)C(C)(C)C)C1(C)CCCCC1)C2(C)C)C(=O)C(=O)NC. The van der Waals surface area contributed by atoms with E-state index in [-0.39, 0.29) is 36.1 Å². The van der Waals surface area contributed by atoms with Gasteiger partial charge in [0.2, 0.25) is 27.6 Å². The average Bonchev–Trinajstić information content (AvgIpc) is 3.28. The summed E-state index contributed by atoms with van der Waals surface area (Å²) in [6.07, 6.45) is 6.20. The molecule has 3 rings (SSSR count). The molecule has 0 radical (unpaired) electrons. The number of urea groups is 1. The third-order valence-corrected chi connectivity index (χ3v) is 12.3. The van der Waals surface area contributed by atoms with Crippen LogP contribution in [0.25, 0.3) is 0 Å². The Kier molecular flexibility index (Phi) is 11.9. The number of ketones is 1. The summed E-state index contributed by atoms with van der Waals surface area (Å²) in [5.41, 5.74) is -1.27. The number of hydrogen-bond acceptors (Lipinski definition) is 7. The van der Waals surface area contributed by atoms with E-state index in [2.05, 4.69) is 35.1 Å². The van der Waals surface area contributed by atoms with Crippen molar-refractivity contribution < 1.29 is 32.4 Å². The number of piperidine rings is 1. The van der Waals surface area contributed by atoms with Crippen LogP contribution in [-0.2, 0) is 29.2 Å². The van der Waals surface area contributed by atoms with Crippen molar-refractivity contribution in [1.82, 2.24) is 30.5 Å². The van der Waals surface area contributed by atoms with Crippen LogP contribution in [0.15, 0.2) is 0 Å². The number of likely N-dealkylation sites (N-methyl/N-ethyl adjacent to an activating group) is 2. The Balaban J connectivity index is 1.92. The summed E-state index contributed by atoms with van der Waals surface area (Å²) in [7, 11) is -0.675. The molecule has 1 aliphatic heterocycles. The quantitative estimate of drug-likeness (QED) is 0.215. The van der Waals surface area contributed by atoms with Gasteiger partial charge in [0.25, 0.3) is 5.91 Å². The normalized spacial score (nSPS) is 25.2. The molecule has 1 unspecified atom stereocenters. The van der Waals surface area contributed by atoms with Crippen LogP contribution in [0.4, 0.5) is 4.79 Å². The zero-order valence-electron chi connectivity index (χ0n) is 30.0. The molecule has 2 aliphatic carbocycles. The lowest BCUT2D eigenvalue weighted by molar-refractivity contribution is -0.146. The van der Waals surface area contributed by atoms with E-state index in [0.29, 0.717) is 25.8 Å². The van der Waals surface area contributed by atoms with Crippen molar-refractivity contribution in [3.63, 3.8) is 0 Å². The molecule has 0 bridgehead atoms. The minimum atomic E-state index is -3.50. The molecule has 0 aromatic rings. The van der Waals surface area contributed by atoms with Gasteiger partial charge in [0, 0.05) is 33.2 Å². The first-order valence-electron chi connectivity index (χ1n) is 16.9. The molecule has 5 amide bonds. The molecule has 47 heavy (non-hydrogen) atoms. The minimum Gasteiger partial charge on any atom is -0.353 e. The van der Waals surface area contributed by atoms with Gasteiger partial charge in [-0.1, -0.05) is 74.1 Å². The van der Waals surface area contributed by atoms with Crippen LogP contribution >= 0.6 is 0 Å². The van der Waals surface area contributed by atoms with E-state index in [1.165, 1.54) is 18.4 Å². The van der Waals surface area contributed by atoms with E-state index < -0.39 is 68.6 Å². The maximum absolute atomic E-state index is 14.7. The van der Waals surface area contributed by atoms with E-state index in [1.54, 1.807) is 4.90 Å². The lowest BCUT2D eigenvalue weighted by atomic mass is 9.70. The average molecular weight is 683 g/mol. The molecule has 1 saturated heterocycles. The summed E-state index contributed by atoms with van der Waals surface area (Å²) >= 11 is 0. The Labute approximate surface area is 281 Å². The highest BCUT2D eigenvalue weighted by molar-refractivity contribution is 7.88. The molecule has 3 aliphatic rings. The molecule has 3 fully saturated rings. The first-order chi connectivity index (χ1) is 21.6. The van der Waals surface area contributed by atoms with Gasteiger partial charge in [-0.15, -0.1) is 0 Å². The molecule has 13 nitrogen and oxygen atoms in total. The van der Waals surface area contributed by atoms with Crippen molar-refractivity contribution in [3.8, 4) is 0 Å². The predicted octanol–water partition coefficient (Wildman–Crippen LogP) is 2.01. The monoisotopic (exact) mass is 682 g/mol. The van der Waals surface area contributed by atoms with Gasteiger partial charge >= 0.3 is 6.03 Å². The molecule has 6 atom stereocenters. The Morgan fingerprint density at radius 1 is 0.979 bits per heavy atom. The number of nitrogens with one attached hydrogen (secondary N) is 4. The molecule has 4 N–H and O–H groups in total.